The van der Waals surface area contributed by atoms with Gasteiger partial charge in [0.15, 0.2) is 5.12 Å². The van der Waals surface area contributed by atoms with Crippen LogP contribution >= 0.6 is 11.8 Å². The van der Waals surface area contributed by atoms with Gasteiger partial charge in [0.1, 0.15) is 6.42 Å². The van der Waals surface area contributed by atoms with Gasteiger partial charge in [-0.3, -0.25) is 9.22 Å². The zero-order valence-electron chi connectivity index (χ0n) is 5.55. The molecule has 0 aliphatic carbocycles. The van der Waals surface area contributed by atoms with E-state index in [2.05, 4.69) is 0 Å². The molecule has 0 unspecified atom stereocenters. The van der Waals surface area contributed by atoms with Crippen molar-refractivity contribution in [2.24, 2.45) is 0 Å². The largest absolute Gasteiger partial charge is 0.581 e. The van der Waals surface area contributed by atoms with Crippen molar-refractivity contribution >= 4 is 28.0 Å². The summed E-state index contributed by atoms with van der Waals surface area (Å²) in [5.41, 5.74) is 0. The lowest BCUT2D eigenvalue weighted by atomic mass is 10.4. The minimum Gasteiger partial charge on any atom is -0.287 e. The summed E-state index contributed by atoms with van der Waals surface area (Å²) in [5.74, 6) is -0.233. The van der Waals surface area contributed by atoms with E-state index in [1.165, 1.54) is 6.92 Å². The van der Waals surface area contributed by atoms with Crippen molar-refractivity contribution in [3.05, 3.63) is 0 Å². The number of thioether (sulfide) groups is 1. The Hall–Kier alpha value is -0.640. The topological polar surface area (TPSA) is 45.4 Å². The smallest absolute Gasteiger partial charge is 0.287 e. The first-order valence-corrected chi connectivity index (χ1v) is 3.75. The van der Waals surface area contributed by atoms with Crippen LogP contribution in [-0.2, 0) is 14.0 Å². The van der Waals surface area contributed by atoms with Crippen LogP contribution in [0.4, 0.5) is 0 Å². The second-order valence-electron chi connectivity index (χ2n) is 1.94. The molecule has 0 N–H and O–H groups in total. The first-order valence-electron chi connectivity index (χ1n) is 2.93. The Kier molecular flexibility index (Phi) is 2.21. The van der Waals surface area contributed by atoms with Crippen molar-refractivity contribution in [1.29, 1.82) is 0 Å². The van der Waals surface area contributed by atoms with Crippen LogP contribution in [-0.4, -0.2) is 16.2 Å². The molecule has 0 atom stereocenters. The van der Waals surface area contributed by atoms with Crippen LogP contribution in [0.1, 0.15) is 19.8 Å². The number of hydrogen-bond acceptors (Lipinski definition) is 3. The standard InChI is InChI=1S/C6H7O3S/c1-4(7)10-6-3-2-5(8)9-6/h2-3H2,1H3/q+1. The van der Waals surface area contributed by atoms with Crippen LogP contribution in [0, 0.1) is 0 Å². The fourth-order valence-corrected chi connectivity index (χ4v) is 1.32. The van der Waals surface area contributed by atoms with E-state index in [1.54, 1.807) is 0 Å². The lowest BCUT2D eigenvalue weighted by Crippen LogP contribution is -1.93. The summed E-state index contributed by atoms with van der Waals surface area (Å²) < 4.78 is 4.69. The third-order valence-electron chi connectivity index (χ3n) is 1.02. The molecule has 1 rings (SSSR count). The fraction of sp³-hybridized carbons (Fsp3) is 0.500. The van der Waals surface area contributed by atoms with Gasteiger partial charge in [0.2, 0.25) is 0 Å². The second-order valence-corrected chi connectivity index (χ2v) is 3.17. The highest BCUT2D eigenvalue weighted by atomic mass is 32.2. The van der Waals surface area contributed by atoms with Crippen molar-refractivity contribution in [2.75, 3.05) is 0 Å². The van der Waals surface area contributed by atoms with Gasteiger partial charge >= 0.3 is 5.97 Å². The normalized spacial score (nSPS) is 17.3. The van der Waals surface area contributed by atoms with Gasteiger partial charge in [0.25, 0.3) is 5.12 Å². The Morgan fingerprint density at radius 3 is 2.70 bits per heavy atom. The molecule has 0 saturated carbocycles. The summed E-state index contributed by atoms with van der Waals surface area (Å²) >= 11 is 1.00. The highest BCUT2D eigenvalue weighted by Gasteiger charge is 2.28. The molecule has 0 radical (unpaired) electrons. The van der Waals surface area contributed by atoms with E-state index in [0.717, 1.165) is 11.8 Å². The summed E-state index contributed by atoms with van der Waals surface area (Å²) in [6, 6.07) is 0. The van der Waals surface area contributed by atoms with Crippen molar-refractivity contribution < 1.29 is 14.0 Å². The Balaban J connectivity index is 2.50. The van der Waals surface area contributed by atoms with Gasteiger partial charge < -0.3 is 0 Å². The maximum absolute atomic E-state index is 10.5. The van der Waals surface area contributed by atoms with Crippen LogP contribution in [0.3, 0.4) is 0 Å². The van der Waals surface area contributed by atoms with Crippen LogP contribution < -0.4 is 0 Å². The van der Waals surface area contributed by atoms with Gasteiger partial charge in [-0.2, -0.15) is 0 Å². The van der Waals surface area contributed by atoms with Gasteiger partial charge in [-0.15, -0.1) is 0 Å². The van der Waals surface area contributed by atoms with Crippen LogP contribution in [0.15, 0.2) is 0 Å². The quantitative estimate of drug-likeness (QED) is 0.487. The summed E-state index contributed by atoms with van der Waals surface area (Å²) in [7, 11) is 0. The molecule has 0 spiro atoms. The van der Waals surface area contributed by atoms with Crippen LogP contribution in [0.25, 0.3) is 0 Å². The Bertz CT molecular complexity index is 207. The van der Waals surface area contributed by atoms with Crippen molar-refractivity contribution in [2.45, 2.75) is 19.8 Å². The van der Waals surface area contributed by atoms with E-state index in [4.69, 9.17) is 4.42 Å². The van der Waals surface area contributed by atoms with E-state index >= 15 is 0 Å². The SMILES string of the molecule is CC(=O)SC1=[O+]C(=O)CC1. The molecule has 3 nitrogen and oxygen atoms in total. The highest BCUT2D eigenvalue weighted by molar-refractivity contribution is 8.26. The summed E-state index contributed by atoms with van der Waals surface area (Å²) in [6.07, 6.45) is 0.999. The summed E-state index contributed by atoms with van der Waals surface area (Å²) in [5, 5.41) is 0.502. The molecular formula is C6H7O3S+. The maximum atomic E-state index is 10.5. The monoisotopic (exact) mass is 159 g/mol. The molecule has 1 heterocycles. The molecule has 0 aromatic heterocycles. The lowest BCUT2D eigenvalue weighted by Gasteiger charge is -1.82. The minimum atomic E-state index is -0.233. The van der Waals surface area contributed by atoms with E-state index in [1.807, 2.05) is 0 Å². The average molecular weight is 159 g/mol. The zero-order chi connectivity index (χ0) is 7.56. The number of carbonyl (C=O) groups is 2. The van der Waals surface area contributed by atoms with E-state index in [-0.39, 0.29) is 11.1 Å². The highest BCUT2D eigenvalue weighted by Crippen LogP contribution is 2.14. The fourth-order valence-electron chi connectivity index (χ4n) is 0.665. The molecule has 1 aliphatic rings. The molecule has 10 heavy (non-hydrogen) atoms. The van der Waals surface area contributed by atoms with Gasteiger partial charge in [0.05, 0.1) is 6.42 Å². The van der Waals surface area contributed by atoms with Gasteiger partial charge in [0, 0.05) is 23.5 Å². The van der Waals surface area contributed by atoms with Gasteiger partial charge in [-0.25, -0.2) is 0 Å². The third kappa shape index (κ3) is 1.95. The maximum Gasteiger partial charge on any atom is 0.581 e. The Morgan fingerprint density at radius 2 is 2.30 bits per heavy atom. The van der Waals surface area contributed by atoms with E-state index < -0.39 is 0 Å². The Labute approximate surface area is 62.5 Å². The molecule has 0 aromatic rings. The zero-order valence-corrected chi connectivity index (χ0v) is 6.36. The van der Waals surface area contributed by atoms with Crippen LogP contribution in [0.2, 0.25) is 0 Å². The molecule has 0 fully saturated rings. The molecule has 1 aliphatic heterocycles. The average Bonchev–Trinajstić information content (AvgIpc) is 2.13. The molecule has 0 aromatic carbocycles. The summed E-state index contributed by atoms with van der Waals surface area (Å²) in [4.78, 5) is 20.9. The van der Waals surface area contributed by atoms with Crippen molar-refractivity contribution in [3.63, 3.8) is 0 Å². The second kappa shape index (κ2) is 2.96. The van der Waals surface area contributed by atoms with Crippen LogP contribution in [0.5, 0.6) is 0 Å². The van der Waals surface area contributed by atoms with E-state index in [9.17, 15) is 9.59 Å². The number of hydrogen-bond donors (Lipinski definition) is 0. The predicted octanol–water partition coefficient (Wildman–Crippen LogP) is 0.649. The third-order valence-corrected chi connectivity index (χ3v) is 1.82. The lowest BCUT2D eigenvalue weighted by molar-refractivity contribution is -0.368. The first-order chi connectivity index (χ1) is 4.68. The predicted molar refractivity (Wildman–Crippen MR) is 37.5 cm³/mol. The number of rotatable bonds is 0. The van der Waals surface area contributed by atoms with E-state index in [0.29, 0.717) is 18.0 Å². The number of carbonyl (C=O) groups excluding carboxylic acids is 3. The Morgan fingerprint density at radius 1 is 1.60 bits per heavy atom. The van der Waals surface area contributed by atoms with Gasteiger partial charge in [-0.05, 0) is 0 Å². The molecule has 4 heteroatoms. The molecular weight excluding hydrogens is 152 g/mol. The minimum absolute atomic E-state index is 0.0373. The molecule has 54 valence electrons. The van der Waals surface area contributed by atoms with Crippen molar-refractivity contribution in [1.82, 2.24) is 0 Å². The van der Waals surface area contributed by atoms with Crippen molar-refractivity contribution in [3.8, 4) is 0 Å². The molecule has 0 bridgehead atoms. The van der Waals surface area contributed by atoms with Gasteiger partial charge in [-0.1, -0.05) is 0 Å². The molecule has 0 amide bonds. The molecule has 0 saturated heterocycles. The first kappa shape index (κ1) is 7.47. The summed E-state index contributed by atoms with van der Waals surface area (Å²) in [6.45, 7) is 1.45.